The summed E-state index contributed by atoms with van der Waals surface area (Å²) in [5, 5.41) is 11.6. The first-order valence-electron chi connectivity index (χ1n) is 11.4. The fourth-order valence-electron chi connectivity index (χ4n) is 4.39. The molecule has 9 nitrogen and oxygen atoms in total. The summed E-state index contributed by atoms with van der Waals surface area (Å²) in [6.45, 7) is 5.10. The molecular weight excluding hydrogens is 499 g/mol. The Morgan fingerprint density at radius 1 is 1.11 bits per heavy atom. The van der Waals surface area contributed by atoms with Crippen LogP contribution in [0, 0.1) is 19.7 Å². The van der Waals surface area contributed by atoms with E-state index in [2.05, 4.69) is 9.97 Å². The standard InChI is InChI=1S/C26H21FN4O5S/c1-4-36-25(35)23-14(3)29-26(37-23)31-20(15-8-10-16(27)11-9-15)18(22(33)24(31)34)21(32)19-13(2)28-17-7-5-6-12-30(17)19/h5-12,20,32H,4H2,1-3H3. The van der Waals surface area contributed by atoms with Crippen molar-refractivity contribution < 1.29 is 28.6 Å². The normalized spacial score (nSPS) is 17.1. The van der Waals surface area contributed by atoms with Crippen molar-refractivity contribution in [1.29, 1.82) is 0 Å². The van der Waals surface area contributed by atoms with Crippen LogP contribution in [0.2, 0.25) is 0 Å². The van der Waals surface area contributed by atoms with Crippen LogP contribution >= 0.6 is 11.3 Å². The second kappa shape index (κ2) is 9.25. The fraction of sp³-hybridized carbons (Fsp3) is 0.192. The molecule has 0 saturated carbocycles. The molecule has 1 fully saturated rings. The number of aliphatic hydroxyl groups excluding tert-OH is 1. The molecule has 4 heterocycles. The first-order chi connectivity index (χ1) is 17.7. The van der Waals surface area contributed by atoms with Crippen LogP contribution in [0.1, 0.15) is 45.3 Å². The molecule has 4 aromatic rings. The molecular formula is C26H21FN4O5S. The molecule has 1 aliphatic heterocycles. The average Bonchev–Trinajstić information content (AvgIpc) is 3.50. The number of rotatable bonds is 5. The molecule has 37 heavy (non-hydrogen) atoms. The molecule has 1 N–H and O–H groups in total. The number of ether oxygens (including phenoxy) is 1. The van der Waals surface area contributed by atoms with Crippen molar-refractivity contribution in [3.05, 3.63) is 87.6 Å². The Balaban J connectivity index is 1.74. The number of pyridine rings is 1. The van der Waals surface area contributed by atoms with Gasteiger partial charge in [-0.2, -0.15) is 0 Å². The van der Waals surface area contributed by atoms with E-state index in [0.29, 0.717) is 22.6 Å². The lowest BCUT2D eigenvalue weighted by atomic mass is 9.96. The largest absolute Gasteiger partial charge is 0.505 e. The quantitative estimate of drug-likeness (QED) is 0.180. The van der Waals surface area contributed by atoms with E-state index in [0.717, 1.165) is 16.2 Å². The van der Waals surface area contributed by atoms with Gasteiger partial charge in [0.25, 0.3) is 5.78 Å². The van der Waals surface area contributed by atoms with Crippen molar-refractivity contribution in [3.63, 3.8) is 0 Å². The second-order valence-corrected chi connectivity index (χ2v) is 9.30. The van der Waals surface area contributed by atoms with Crippen molar-refractivity contribution in [3.8, 4) is 0 Å². The van der Waals surface area contributed by atoms with Crippen LogP contribution in [0.3, 0.4) is 0 Å². The van der Waals surface area contributed by atoms with Gasteiger partial charge in [0.2, 0.25) is 0 Å². The Hall–Kier alpha value is -4.38. The van der Waals surface area contributed by atoms with Crippen molar-refractivity contribution in [2.45, 2.75) is 26.8 Å². The van der Waals surface area contributed by atoms with Crippen LogP contribution in [0.25, 0.3) is 11.4 Å². The molecule has 1 amide bonds. The molecule has 188 valence electrons. The molecule has 1 aliphatic rings. The number of thiazole rings is 1. The molecule has 1 atom stereocenters. The van der Waals surface area contributed by atoms with E-state index in [4.69, 9.17) is 4.74 Å². The number of benzene rings is 1. The number of Topliss-reactive ketones (excluding diaryl/α,β-unsaturated/α-hetero) is 1. The molecule has 0 bridgehead atoms. The number of amides is 1. The van der Waals surface area contributed by atoms with Gasteiger partial charge in [0.15, 0.2) is 10.9 Å². The van der Waals surface area contributed by atoms with Gasteiger partial charge in [-0.1, -0.05) is 29.5 Å². The number of imidazole rings is 1. The highest BCUT2D eigenvalue weighted by Gasteiger charge is 2.49. The fourth-order valence-corrected chi connectivity index (χ4v) is 5.38. The highest BCUT2D eigenvalue weighted by atomic mass is 32.1. The molecule has 0 spiro atoms. The molecule has 5 rings (SSSR count). The van der Waals surface area contributed by atoms with Gasteiger partial charge in [-0.25, -0.2) is 19.2 Å². The zero-order valence-electron chi connectivity index (χ0n) is 20.1. The van der Waals surface area contributed by atoms with Gasteiger partial charge in [-0.05, 0) is 50.6 Å². The van der Waals surface area contributed by atoms with E-state index in [1.54, 1.807) is 49.6 Å². The molecule has 3 aromatic heterocycles. The highest BCUT2D eigenvalue weighted by Crippen LogP contribution is 2.44. The number of carbonyl (C=O) groups excluding carboxylic acids is 3. The van der Waals surface area contributed by atoms with Gasteiger partial charge >= 0.3 is 11.9 Å². The average molecular weight is 521 g/mol. The van der Waals surface area contributed by atoms with E-state index in [-0.39, 0.29) is 27.9 Å². The number of anilines is 1. The third-order valence-electron chi connectivity index (χ3n) is 6.01. The minimum Gasteiger partial charge on any atom is -0.505 e. The number of carbonyl (C=O) groups is 3. The van der Waals surface area contributed by atoms with Crippen molar-refractivity contribution in [2.75, 3.05) is 11.5 Å². The number of nitrogens with zero attached hydrogens (tertiary/aromatic N) is 4. The maximum Gasteiger partial charge on any atom is 0.350 e. The Morgan fingerprint density at radius 2 is 1.84 bits per heavy atom. The molecule has 1 unspecified atom stereocenters. The number of aromatic nitrogens is 3. The van der Waals surface area contributed by atoms with E-state index >= 15 is 0 Å². The Labute approximate surface area is 214 Å². The number of aliphatic hydroxyl groups is 1. The van der Waals surface area contributed by atoms with Gasteiger partial charge in [0.05, 0.1) is 29.6 Å². The topological polar surface area (TPSA) is 114 Å². The maximum absolute atomic E-state index is 13.8. The van der Waals surface area contributed by atoms with Gasteiger partial charge in [-0.3, -0.25) is 18.9 Å². The number of hydrogen-bond donors (Lipinski definition) is 1. The van der Waals surface area contributed by atoms with Crippen LogP contribution in [0.4, 0.5) is 9.52 Å². The van der Waals surface area contributed by atoms with E-state index in [9.17, 15) is 23.9 Å². The van der Waals surface area contributed by atoms with Crippen LogP contribution in [-0.4, -0.2) is 43.7 Å². The molecule has 0 aliphatic carbocycles. The van der Waals surface area contributed by atoms with Crippen molar-refractivity contribution >= 4 is 45.5 Å². The predicted molar refractivity (Wildman–Crippen MR) is 134 cm³/mol. The van der Waals surface area contributed by atoms with E-state index < -0.39 is 35.3 Å². The van der Waals surface area contributed by atoms with Gasteiger partial charge in [-0.15, -0.1) is 0 Å². The summed E-state index contributed by atoms with van der Waals surface area (Å²) in [4.78, 5) is 49.3. The lowest BCUT2D eigenvalue weighted by molar-refractivity contribution is -0.132. The zero-order chi connectivity index (χ0) is 26.4. The van der Waals surface area contributed by atoms with Gasteiger partial charge in [0.1, 0.15) is 22.0 Å². The number of aryl methyl sites for hydroxylation is 2. The lowest BCUT2D eigenvalue weighted by Gasteiger charge is -2.23. The smallest absolute Gasteiger partial charge is 0.350 e. The predicted octanol–water partition coefficient (Wildman–Crippen LogP) is 4.35. The summed E-state index contributed by atoms with van der Waals surface area (Å²) in [6, 6.07) is 9.41. The molecule has 1 saturated heterocycles. The van der Waals surface area contributed by atoms with Crippen LogP contribution < -0.4 is 4.90 Å². The number of fused-ring (bicyclic) bond motifs is 1. The first-order valence-corrected chi connectivity index (χ1v) is 12.2. The summed E-state index contributed by atoms with van der Waals surface area (Å²) < 4.78 is 20.5. The maximum atomic E-state index is 13.8. The summed E-state index contributed by atoms with van der Waals surface area (Å²) in [5.41, 5.74) is 1.75. The Kier molecular flexibility index (Phi) is 6.08. The van der Waals surface area contributed by atoms with E-state index in [1.165, 1.54) is 24.3 Å². The minimum absolute atomic E-state index is 0.0749. The third kappa shape index (κ3) is 3.97. The highest BCUT2D eigenvalue weighted by molar-refractivity contribution is 7.17. The van der Waals surface area contributed by atoms with Crippen molar-refractivity contribution in [1.82, 2.24) is 14.4 Å². The SMILES string of the molecule is CCOC(=O)c1sc(N2C(=O)C(=O)C(=C(O)c3c(C)nc4ccccn34)C2c2ccc(F)cc2)nc1C. The second-order valence-electron chi connectivity index (χ2n) is 8.33. The van der Waals surface area contributed by atoms with Crippen LogP contribution in [0.5, 0.6) is 0 Å². The summed E-state index contributed by atoms with van der Waals surface area (Å²) in [6.07, 6.45) is 1.68. The zero-order valence-corrected chi connectivity index (χ0v) is 20.9. The number of esters is 1. The van der Waals surface area contributed by atoms with Gasteiger partial charge < -0.3 is 9.84 Å². The van der Waals surface area contributed by atoms with Crippen LogP contribution in [-0.2, 0) is 14.3 Å². The summed E-state index contributed by atoms with van der Waals surface area (Å²) in [5.74, 6) is -3.41. The number of halogens is 1. The molecule has 0 radical (unpaired) electrons. The monoisotopic (exact) mass is 520 g/mol. The number of ketones is 1. The van der Waals surface area contributed by atoms with E-state index in [1.807, 2.05) is 0 Å². The minimum atomic E-state index is -1.13. The summed E-state index contributed by atoms with van der Waals surface area (Å²) in [7, 11) is 0. The summed E-state index contributed by atoms with van der Waals surface area (Å²) >= 11 is 0.900. The van der Waals surface area contributed by atoms with Crippen LogP contribution in [0.15, 0.2) is 54.2 Å². The Morgan fingerprint density at radius 3 is 2.54 bits per heavy atom. The molecule has 1 aromatic carbocycles. The van der Waals surface area contributed by atoms with Crippen molar-refractivity contribution in [2.24, 2.45) is 0 Å². The first kappa shape index (κ1) is 24.3. The Bertz CT molecular complexity index is 1600. The third-order valence-corrected chi connectivity index (χ3v) is 7.15. The molecule has 11 heteroatoms. The van der Waals surface area contributed by atoms with Gasteiger partial charge in [0, 0.05) is 6.20 Å². The lowest BCUT2D eigenvalue weighted by Crippen LogP contribution is -2.29. The number of hydrogen-bond acceptors (Lipinski definition) is 8.